The molecule has 1 N–H and O–H groups in total. The highest BCUT2D eigenvalue weighted by Gasteiger charge is 2.28. The molecule has 0 aromatic carbocycles. The molecule has 0 atom stereocenters. The third-order valence-electron chi connectivity index (χ3n) is 2.22. The van der Waals surface area contributed by atoms with E-state index in [0.717, 1.165) is 18.4 Å². The van der Waals surface area contributed by atoms with E-state index in [4.69, 9.17) is 11.6 Å². The number of hydrogen-bond donors (Lipinski definition) is 1. The van der Waals surface area contributed by atoms with Crippen LogP contribution in [-0.4, -0.2) is 18.1 Å². The summed E-state index contributed by atoms with van der Waals surface area (Å²) >= 11 is 5.92. The van der Waals surface area contributed by atoms with Gasteiger partial charge in [-0.05, 0) is 30.4 Å². The van der Waals surface area contributed by atoms with Crippen molar-refractivity contribution in [3.05, 3.63) is 22.5 Å². The van der Waals surface area contributed by atoms with Crippen LogP contribution in [0, 0.1) is 0 Å². The molecule has 0 unspecified atom stereocenters. The Bertz CT molecular complexity index is 341. The lowest BCUT2D eigenvalue weighted by Gasteiger charge is -1.91. The van der Waals surface area contributed by atoms with E-state index in [1.54, 1.807) is 6.07 Å². The van der Waals surface area contributed by atoms with Gasteiger partial charge in [0.05, 0.1) is 7.11 Å². The van der Waals surface area contributed by atoms with E-state index in [1.807, 2.05) is 0 Å². The summed E-state index contributed by atoms with van der Waals surface area (Å²) < 4.78 is 4.58. The monoisotopic (exact) mass is 199 g/mol. The van der Waals surface area contributed by atoms with Crippen molar-refractivity contribution in [3.8, 4) is 0 Å². The number of ether oxygens (including phenoxy) is 1. The van der Waals surface area contributed by atoms with Gasteiger partial charge in [-0.25, -0.2) is 4.79 Å². The predicted octanol–water partition coefficient (Wildman–Crippen LogP) is 2.33. The molecule has 1 aliphatic rings. The number of rotatable bonds is 2. The third-order valence-corrected chi connectivity index (χ3v) is 2.53. The van der Waals surface area contributed by atoms with E-state index >= 15 is 0 Å². The summed E-state index contributed by atoms with van der Waals surface area (Å²) in [7, 11) is 1.36. The average Bonchev–Trinajstić information content (AvgIpc) is 2.89. The van der Waals surface area contributed by atoms with Crippen LogP contribution in [0.15, 0.2) is 6.07 Å². The number of esters is 1. The van der Waals surface area contributed by atoms with Crippen LogP contribution >= 0.6 is 11.6 Å². The van der Waals surface area contributed by atoms with Crippen LogP contribution < -0.4 is 0 Å². The van der Waals surface area contributed by atoms with Crippen molar-refractivity contribution in [2.75, 3.05) is 7.11 Å². The zero-order valence-corrected chi connectivity index (χ0v) is 8.02. The normalized spacial score (nSPS) is 15.8. The number of carbonyl (C=O) groups is 1. The molecule has 3 nitrogen and oxygen atoms in total. The minimum atomic E-state index is -0.367. The molecule has 1 heterocycles. The van der Waals surface area contributed by atoms with Crippen molar-refractivity contribution in [3.63, 3.8) is 0 Å². The molecular weight excluding hydrogens is 190 g/mol. The van der Waals surface area contributed by atoms with E-state index in [2.05, 4.69) is 9.72 Å². The standard InChI is InChI=1S/C9H10ClNO2/c1-13-9(12)7-4-6(5-2-3-5)8(10)11-7/h4-5,11H,2-3H2,1H3. The summed E-state index contributed by atoms with van der Waals surface area (Å²) in [5, 5.41) is 0.572. The van der Waals surface area contributed by atoms with E-state index in [-0.39, 0.29) is 5.97 Å². The number of H-pyrrole nitrogens is 1. The van der Waals surface area contributed by atoms with E-state index in [0.29, 0.717) is 16.8 Å². The molecule has 1 fully saturated rings. The zero-order valence-electron chi connectivity index (χ0n) is 7.26. The number of aromatic nitrogens is 1. The quantitative estimate of drug-likeness (QED) is 0.743. The smallest absolute Gasteiger partial charge is 0.354 e. The van der Waals surface area contributed by atoms with Crippen LogP contribution in [0.2, 0.25) is 5.15 Å². The van der Waals surface area contributed by atoms with Gasteiger partial charge in [0.25, 0.3) is 0 Å². The lowest BCUT2D eigenvalue weighted by Crippen LogP contribution is -2.00. The summed E-state index contributed by atoms with van der Waals surface area (Å²) in [6.45, 7) is 0. The van der Waals surface area contributed by atoms with Crippen LogP contribution in [0.1, 0.15) is 34.8 Å². The van der Waals surface area contributed by atoms with Crippen LogP contribution in [-0.2, 0) is 4.74 Å². The van der Waals surface area contributed by atoms with Gasteiger partial charge in [0.15, 0.2) is 0 Å². The molecule has 2 rings (SSSR count). The Kier molecular flexibility index (Phi) is 2.04. The maximum absolute atomic E-state index is 11.1. The first-order valence-corrected chi connectivity index (χ1v) is 4.57. The second-order valence-electron chi connectivity index (χ2n) is 3.22. The molecule has 0 amide bonds. The number of nitrogens with one attached hydrogen (secondary N) is 1. The fraction of sp³-hybridized carbons (Fsp3) is 0.444. The highest BCUT2D eigenvalue weighted by molar-refractivity contribution is 6.30. The Morgan fingerprint density at radius 3 is 2.92 bits per heavy atom. The first-order valence-electron chi connectivity index (χ1n) is 4.19. The van der Waals surface area contributed by atoms with Gasteiger partial charge < -0.3 is 9.72 Å². The molecule has 1 aliphatic carbocycles. The summed E-state index contributed by atoms with van der Waals surface area (Å²) in [6, 6.07) is 1.78. The zero-order chi connectivity index (χ0) is 9.42. The topological polar surface area (TPSA) is 42.1 Å². The lowest BCUT2D eigenvalue weighted by molar-refractivity contribution is 0.0595. The molecule has 0 radical (unpaired) electrons. The van der Waals surface area contributed by atoms with Crippen molar-refractivity contribution in [2.24, 2.45) is 0 Å². The number of hydrogen-bond acceptors (Lipinski definition) is 2. The molecule has 0 saturated heterocycles. The Labute approximate surface area is 81.0 Å². The van der Waals surface area contributed by atoms with Gasteiger partial charge in [0.2, 0.25) is 0 Å². The maximum Gasteiger partial charge on any atom is 0.354 e. The Balaban J connectivity index is 2.28. The van der Waals surface area contributed by atoms with Gasteiger partial charge in [-0.2, -0.15) is 0 Å². The molecule has 4 heteroatoms. The Morgan fingerprint density at radius 2 is 2.38 bits per heavy atom. The molecule has 70 valence electrons. The molecule has 13 heavy (non-hydrogen) atoms. The Hall–Kier alpha value is -0.960. The predicted molar refractivity (Wildman–Crippen MR) is 49.1 cm³/mol. The SMILES string of the molecule is COC(=O)c1cc(C2CC2)c(Cl)[nH]1. The van der Waals surface area contributed by atoms with Gasteiger partial charge in [0.1, 0.15) is 10.8 Å². The van der Waals surface area contributed by atoms with Gasteiger partial charge in [-0.3, -0.25) is 0 Å². The summed E-state index contributed by atoms with van der Waals surface area (Å²) in [5.74, 6) is 0.177. The average molecular weight is 200 g/mol. The highest BCUT2D eigenvalue weighted by atomic mass is 35.5. The van der Waals surface area contributed by atoms with Crippen molar-refractivity contribution < 1.29 is 9.53 Å². The second kappa shape index (κ2) is 3.07. The number of carbonyl (C=O) groups excluding carboxylic acids is 1. The van der Waals surface area contributed by atoms with Crippen LogP contribution in [0.5, 0.6) is 0 Å². The van der Waals surface area contributed by atoms with E-state index in [9.17, 15) is 4.79 Å². The second-order valence-corrected chi connectivity index (χ2v) is 3.60. The van der Waals surface area contributed by atoms with Gasteiger partial charge in [-0.1, -0.05) is 11.6 Å². The van der Waals surface area contributed by atoms with Crippen LogP contribution in [0.4, 0.5) is 0 Å². The minimum absolute atomic E-state index is 0.367. The van der Waals surface area contributed by atoms with E-state index < -0.39 is 0 Å². The van der Waals surface area contributed by atoms with Gasteiger partial charge >= 0.3 is 5.97 Å². The van der Waals surface area contributed by atoms with Crippen molar-refractivity contribution >= 4 is 17.6 Å². The molecule has 0 aliphatic heterocycles. The summed E-state index contributed by atoms with van der Waals surface area (Å²) in [6.07, 6.45) is 2.33. The summed E-state index contributed by atoms with van der Waals surface area (Å²) in [4.78, 5) is 13.9. The minimum Gasteiger partial charge on any atom is -0.464 e. The van der Waals surface area contributed by atoms with Crippen LogP contribution in [0.25, 0.3) is 0 Å². The maximum atomic E-state index is 11.1. The number of halogens is 1. The van der Waals surface area contributed by atoms with Crippen molar-refractivity contribution in [1.29, 1.82) is 0 Å². The summed E-state index contributed by atoms with van der Waals surface area (Å²) in [5.41, 5.74) is 1.48. The van der Waals surface area contributed by atoms with Gasteiger partial charge in [0, 0.05) is 0 Å². The highest BCUT2D eigenvalue weighted by Crippen LogP contribution is 2.43. The third kappa shape index (κ3) is 1.56. The molecule has 0 bridgehead atoms. The largest absolute Gasteiger partial charge is 0.464 e. The molecular formula is C9H10ClNO2. The van der Waals surface area contributed by atoms with Crippen LogP contribution in [0.3, 0.4) is 0 Å². The first-order chi connectivity index (χ1) is 6.22. The Morgan fingerprint density at radius 1 is 1.69 bits per heavy atom. The number of methoxy groups -OCH3 is 1. The van der Waals surface area contributed by atoms with Crippen molar-refractivity contribution in [1.82, 2.24) is 4.98 Å². The fourth-order valence-corrected chi connectivity index (χ4v) is 1.67. The molecule has 0 spiro atoms. The lowest BCUT2D eigenvalue weighted by atomic mass is 10.2. The fourth-order valence-electron chi connectivity index (χ4n) is 1.36. The molecule has 1 saturated carbocycles. The van der Waals surface area contributed by atoms with E-state index in [1.165, 1.54) is 7.11 Å². The number of aromatic amines is 1. The molecule has 1 aromatic rings. The van der Waals surface area contributed by atoms with Crippen molar-refractivity contribution in [2.45, 2.75) is 18.8 Å². The van der Waals surface area contributed by atoms with Gasteiger partial charge in [-0.15, -0.1) is 0 Å². The first kappa shape index (κ1) is 8.63. The molecule has 1 aromatic heterocycles.